The number of hydrogen-bond acceptors (Lipinski definition) is 3. The van der Waals surface area contributed by atoms with Crippen LogP contribution in [0.25, 0.3) is 0 Å². The highest BCUT2D eigenvalue weighted by atomic mass is 16.5. The van der Waals surface area contributed by atoms with E-state index in [2.05, 4.69) is 0 Å². The van der Waals surface area contributed by atoms with Gasteiger partial charge in [-0.25, -0.2) is 0 Å². The zero-order valence-electron chi connectivity index (χ0n) is 12.5. The molecule has 1 aliphatic rings. The number of piperidine rings is 1. The number of nitrogens with zero attached hydrogens (tertiary/aromatic N) is 1. The third-order valence-corrected chi connectivity index (χ3v) is 3.77. The van der Waals surface area contributed by atoms with Gasteiger partial charge in [0.25, 0.3) is 0 Å². The molecule has 1 saturated heterocycles. The van der Waals surface area contributed by atoms with E-state index in [1.165, 1.54) is 0 Å². The molecule has 0 spiro atoms. The lowest BCUT2D eigenvalue weighted by Crippen LogP contribution is -2.51. The molecule has 1 heterocycles. The second-order valence-electron chi connectivity index (χ2n) is 5.54. The van der Waals surface area contributed by atoms with E-state index >= 15 is 0 Å². The molecule has 2 atom stereocenters. The minimum Gasteiger partial charge on any atom is -0.494 e. The third-order valence-electron chi connectivity index (χ3n) is 3.77. The molecule has 110 valence electrons. The van der Waals surface area contributed by atoms with Crippen molar-refractivity contribution in [2.45, 2.75) is 51.7 Å². The van der Waals surface area contributed by atoms with Crippen molar-refractivity contribution in [1.82, 2.24) is 4.90 Å². The van der Waals surface area contributed by atoms with Gasteiger partial charge in [-0.2, -0.15) is 0 Å². The predicted octanol–water partition coefficient (Wildman–Crippen LogP) is 2.48. The van der Waals surface area contributed by atoms with Crippen molar-refractivity contribution in [1.29, 1.82) is 0 Å². The fourth-order valence-corrected chi connectivity index (χ4v) is 2.88. The molecular formula is C16H24N2O2. The Morgan fingerprint density at radius 1 is 1.35 bits per heavy atom. The van der Waals surface area contributed by atoms with E-state index in [0.29, 0.717) is 13.0 Å². The lowest BCUT2D eigenvalue weighted by atomic mass is 9.89. The molecule has 2 N–H and O–H groups in total. The van der Waals surface area contributed by atoms with Crippen LogP contribution in [0.2, 0.25) is 0 Å². The Balaban J connectivity index is 2.28. The first kappa shape index (κ1) is 14.9. The van der Waals surface area contributed by atoms with Crippen LogP contribution in [-0.2, 0) is 4.79 Å². The van der Waals surface area contributed by atoms with Gasteiger partial charge in [-0.3, -0.25) is 4.79 Å². The van der Waals surface area contributed by atoms with Crippen LogP contribution in [0.1, 0.15) is 45.2 Å². The fraction of sp³-hybridized carbons (Fsp3) is 0.562. The molecule has 1 aromatic carbocycles. The van der Waals surface area contributed by atoms with E-state index in [1.807, 2.05) is 49.9 Å². The number of hydrogen-bond donors (Lipinski definition) is 1. The lowest BCUT2D eigenvalue weighted by Gasteiger charge is -2.42. The van der Waals surface area contributed by atoms with Gasteiger partial charge in [-0.1, -0.05) is 12.1 Å². The molecule has 2 rings (SSSR count). The molecule has 20 heavy (non-hydrogen) atoms. The molecular weight excluding hydrogens is 252 g/mol. The van der Waals surface area contributed by atoms with E-state index < -0.39 is 0 Å². The monoisotopic (exact) mass is 276 g/mol. The van der Waals surface area contributed by atoms with Crippen LogP contribution >= 0.6 is 0 Å². The Bertz CT molecular complexity index is 456. The van der Waals surface area contributed by atoms with Crippen LogP contribution in [0.4, 0.5) is 0 Å². The molecule has 1 aromatic rings. The first-order valence-electron chi connectivity index (χ1n) is 7.34. The highest BCUT2D eigenvalue weighted by Crippen LogP contribution is 2.33. The molecule has 0 radical (unpaired) electrons. The van der Waals surface area contributed by atoms with Crippen LogP contribution in [0.15, 0.2) is 24.3 Å². The quantitative estimate of drug-likeness (QED) is 0.919. The van der Waals surface area contributed by atoms with Crippen LogP contribution in [0, 0.1) is 0 Å². The second-order valence-corrected chi connectivity index (χ2v) is 5.54. The summed E-state index contributed by atoms with van der Waals surface area (Å²) in [5, 5.41) is 0. The van der Waals surface area contributed by atoms with Gasteiger partial charge in [0.05, 0.1) is 12.6 Å². The SMILES string of the molecule is CCOc1ccc(C2C(N)CCC(=O)N2C(C)C)cc1. The van der Waals surface area contributed by atoms with E-state index in [1.54, 1.807) is 0 Å². The molecule has 1 aliphatic heterocycles. The Morgan fingerprint density at radius 2 is 2.00 bits per heavy atom. The maximum Gasteiger partial charge on any atom is 0.223 e. The van der Waals surface area contributed by atoms with Crippen molar-refractivity contribution in [2.75, 3.05) is 6.61 Å². The number of rotatable bonds is 4. The summed E-state index contributed by atoms with van der Waals surface area (Å²) in [4.78, 5) is 14.1. The Kier molecular flexibility index (Phi) is 4.65. The van der Waals surface area contributed by atoms with Gasteiger partial charge in [-0.05, 0) is 44.9 Å². The van der Waals surface area contributed by atoms with Crippen molar-refractivity contribution in [3.63, 3.8) is 0 Å². The molecule has 0 saturated carbocycles. The average molecular weight is 276 g/mol. The van der Waals surface area contributed by atoms with Crippen LogP contribution < -0.4 is 10.5 Å². The standard InChI is InChI=1S/C16H24N2O2/c1-4-20-13-7-5-12(6-8-13)16-14(17)9-10-15(19)18(16)11(2)3/h5-8,11,14,16H,4,9-10,17H2,1-3H3. The summed E-state index contributed by atoms with van der Waals surface area (Å²) in [6.07, 6.45) is 1.30. The predicted molar refractivity (Wildman–Crippen MR) is 79.5 cm³/mol. The van der Waals surface area contributed by atoms with Crippen LogP contribution in [-0.4, -0.2) is 29.5 Å². The number of ether oxygens (including phenoxy) is 1. The minimum atomic E-state index is -0.0353. The van der Waals surface area contributed by atoms with Crippen molar-refractivity contribution in [2.24, 2.45) is 5.73 Å². The number of carbonyl (C=O) groups excluding carboxylic acids is 1. The normalized spacial score (nSPS) is 23.2. The molecule has 1 amide bonds. The van der Waals surface area contributed by atoms with E-state index in [4.69, 9.17) is 10.5 Å². The summed E-state index contributed by atoms with van der Waals surface area (Å²) in [6.45, 7) is 6.69. The summed E-state index contributed by atoms with van der Waals surface area (Å²) >= 11 is 0. The highest BCUT2D eigenvalue weighted by molar-refractivity contribution is 5.78. The van der Waals surface area contributed by atoms with Gasteiger partial charge >= 0.3 is 0 Å². The molecule has 0 aliphatic carbocycles. The summed E-state index contributed by atoms with van der Waals surface area (Å²) < 4.78 is 5.46. The number of nitrogens with two attached hydrogens (primary N) is 1. The van der Waals surface area contributed by atoms with Crippen LogP contribution in [0.5, 0.6) is 5.75 Å². The maximum absolute atomic E-state index is 12.2. The number of carbonyl (C=O) groups is 1. The lowest BCUT2D eigenvalue weighted by molar-refractivity contribution is -0.139. The molecule has 4 nitrogen and oxygen atoms in total. The molecule has 1 fully saturated rings. The van der Waals surface area contributed by atoms with E-state index in [0.717, 1.165) is 17.7 Å². The van der Waals surface area contributed by atoms with Crippen molar-refractivity contribution < 1.29 is 9.53 Å². The summed E-state index contributed by atoms with van der Waals surface area (Å²) in [5.41, 5.74) is 7.36. The van der Waals surface area contributed by atoms with Crippen LogP contribution in [0.3, 0.4) is 0 Å². The molecule has 0 aromatic heterocycles. The topological polar surface area (TPSA) is 55.6 Å². The largest absolute Gasteiger partial charge is 0.494 e. The first-order valence-corrected chi connectivity index (χ1v) is 7.34. The summed E-state index contributed by atoms with van der Waals surface area (Å²) in [5.74, 6) is 1.05. The Labute approximate surface area is 120 Å². The summed E-state index contributed by atoms with van der Waals surface area (Å²) in [6, 6.07) is 8.05. The number of benzene rings is 1. The van der Waals surface area contributed by atoms with Gasteiger partial charge in [0.15, 0.2) is 0 Å². The first-order chi connectivity index (χ1) is 9.54. The number of likely N-dealkylation sites (tertiary alicyclic amines) is 1. The van der Waals surface area contributed by atoms with Crippen molar-refractivity contribution in [3.05, 3.63) is 29.8 Å². The van der Waals surface area contributed by atoms with E-state index in [-0.39, 0.29) is 24.0 Å². The fourth-order valence-electron chi connectivity index (χ4n) is 2.88. The number of amides is 1. The van der Waals surface area contributed by atoms with Gasteiger partial charge < -0.3 is 15.4 Å². The Morgan fingerprint density at radius 3 is 2.55 bits per heavy atom. The van der Waals surface area contributed by atoms with Gasteiger partial charge in [0, 0.05) is 18.5 Å². The molecule has 0 bridgehead atoms. The average Bonchev–Trinajstić information content (AvgIpc) is 2.42. The maximum atomic E-state index is 12.2. The van der Waals surface area contributed by atoms with Crippen molar-refractivity contribution >= 4 is 5.91 Å². The Hall–Kier alpha value is -1.55. The van der Waals surface area contributed by atoms with Gasteiger partial charge in [-0.15, -0.1) is 0 Å². The third kappa shape index (κ3) is 2.96. The molecule has 2 unspecified atom stereocenters. The van der Waals surface area contributed by atoms with Gasteiger partial charge in [0.1, 0.15) is 5.75 Å². The smallest absolute Gasteiger partial charge is 0.223 e. The highest BCUT2D eigenvalue weighted by Gasteiger charge is 2.36. The second kappa shape index (κ2) is 6.27. The zero-order valence-corrected chi connectivity index (χ0v) is 12.5. The summed E-state index contributed by atoms with van der Waals surface area (Å²) in [7, 11) is 0. The van der Waals surface area contributed by atoms with E-state index in [9.17, 15) is 4.79 Å². The minimum absolute atomic E-state index is 0.00644. The van der Waals surface area contributed by atoms with Crippen molar-refractivity contribution in [3.8, 4) is 5.75 Å². The molecule has 4 heteroatoms. The zero-order chi connectivity index (χ0) is 14.7. The van der Waals surface area contributed by atoms with Gasteiger partial charge in [0.2, 0.25) is 5.91 Å².